The Labute approximate surface area is 151 Å². The topological polar surface area (TPSA) is 117 Å². The number of hydrogen-bond acceptors (Lipinski definition) is 8. The molecule has 0 aliphatic carbocycles. The third-order valence-corrected chi connectivity index (χ3v) is 4.09. The van der Waals surface area contributed by atoms with E-state index in [-0.39, 0.29) is 11.6 Å². The van der Waals surface area contributed by atoms with E-state index in [1.807, 2.05) is 11.0 Å². The number of nitrogens with one attached hydrogen (secondary N) is 1. The second-order valence-corrected chi connectivity index (χ2v) is 7.35. The highest BCUT2D eigenvalue weighted by molar-refractivity contribution is 7.92. The van der Waals surface area contributed by atoms with Crippen LogP contribution in [-0.4, -0.2) is 50.9 Å². The predicted molar refractivity (Wildman–Crippen MR) is 94.8 cm³/mol. The first kappa shape index (κ1) is 17.9. The van der Waals surface area contributed by atoms with Gasteiger partial charge < -0.3 is 14.4 Å². The largest absolute Gasteiger partial charge is 0.439 e. The molecule has 2 heterocycles. The average Bonchev–Trinajstić information content (AvgIpc) is 2.62. The molecule has 1 saturated heterocycles. The third kappa shape index (κ3) is 4.81. The van der Waals surface area contributed by atoms with Gasteiger partial charge in [0.2, 0.25) is 21.9 Å². The standard InChI is InChI=1S/C16H17N5O4S/c1-26(22,23)20-12-2-4-14(5-3-12)25-15-10-13(11-17)18-16(19-15)21-6-8-24-9-7-21/h2-5,10,20H,6-9H2,1H3. The van der Waals surface area contributed by atoms with Crippen LogP contribution in [0.3, 0.4) is 0 Å². The van der Waals surface area contributed by atoms with E-state index in [2.05, 4.69) is 14.7 Å². The van der Waals surface area contributed by atoms with Crippen molar-refractivity contribution in [3.05, 3.63) is 36.0 Å². The fraction of sp³-hybridized carbons (Fsp3) is 0.312. The Bertz CT molecular complexity index is 919. The number of rotatable bonds is 5. The highest BCUT2D eigenvalue weighted by atomic mass is 32.2. The molecule has 0 bridgehead atoms. The van der Waals surface area contributed by atoms with E-state index >= 15 is 0 Å². The Morgan fingerprint density at radius 2 is 1.92 bits per heavy atom. The van der Waals surface area contributed by atoms with Gasteiger partial charge >= 0.3 is 0 Å². The van der Waals surface area contributed by atoms with E-state index in [0.717, 1.165) is 6.26 Å². The summed E-state index contributed by atoms with van der Waals surface area (Å²) in [6.07, 6.45) is 1.08. The van der Waals surface area contributed by atoms with E-state index in [1.165, 1.54) is 6.07 Å². The van der Waals surface area contributed by atoms with Gasteiger partial charge in [0.25, 0.3) is 0 Å². The van der Waals surface area contributed by atoms with E-state index < -0.39 is 10.0 Å². The smallest absolute Gasteiger partial charge is 0.230 e. The molecule has 10 heteroatoms. The van der Waals surface area contributed by atoms with Gasteiger partial charge in [-0.3, -0.25) is 4.72 Å². The SMILES string of the molecule is CS(=O)(=O)Nc1ccc(Oc2cc(C#N)nc(N3CCOCC3)n2)cc1. The van der Waals surface area contributed by atoms with Gasteiger partial charge in [-0.25, -0.2) is 13.4 Å². The maximum absolute atomic E-state index is 11.2. The summed E-state index contributed by atoms with van der Waals surface area (Å²) in [5.41, 5.74) is 0.626. The molecule has 1 aliphatic heterocycles. The molecule has 1 aliphatic rings. The van der Waals surface area contributed by atoms with Crippen LogP contribution in [0.1, 0.15) is 5.69 Å². The summed E-state index contributed by atoms with van der Waals surface area (Å²) in [6, 6.07) is 9.82. The molecule has 0 spiro atoms. The van der Waals surface area contributed by atoms with Gasteiger partial charge in [0.15, 0.2) is 0 Å². The number of anilines is 2. The zero-order valence-corrected chi connectivity index (χ0v) is 14.9. The Morgan fingerprint density at radius 3 is 2.54 bits per heavy atom. The van der Waals surface area contributed by atoms with E-state index in [9.17, 15) is 13.7 Å². The van der Waals surface area contributed by atoms with Crippen molar-refractivity contribution in [2.24, 2.45) is 0 Å². The molecule has 26 heavy (non-hydrogen) atoms. The van der Waals surface area contributed by atoms with Crippen molar-refractivity contribution in [1.82, 2.24) is 9.97 Å². The van der Waals surface area contributed by atoms with Crippen molar-refractivity contribution in [1.29, 1.82) is 5.26 Å². The van der Waals surface area contributed by atoms with Crippen molar-refractivity contribution in [3.63, 3.8) is 0 Å². The van der Waals surface area contributed by atoms with E-state index in [1.54, 1.807) is 24.3 Å². The first-order valence-corrected chi connectivity index (χ1v) is 9.70. The van der Waals surface area contributed by atoms with E-state index in [4.69, 9.17) is 9.47 Å². The minimum Gasteiger partial charge on any atom is -0.439 e. The number of benzene rings is 1. The van der Waals surface area contributed by atoms with Crippen molar-refractivity contribution in [3.8, 4) is 17.7 Å². The van der Waals surface area contributed by atoms with Gasteiger partial charge in [0.1, 0.15) is 17.5 Å². The fourth-order valence-electron chi connectivity index (χ4n) is 2.35. The fourth-order valence-corrected chi connectivity index (χ4v) is 2.92. The Balaban J connectivity index is 1.79. The number of aromatic nitrogens is 2. The Hall–Kier alpha value is -2.90. The molecule has 1 fully saturated rings. The van der Waals surface area contributed by atoms with Crippen molar-refractivity contribution in [2.45, 2.75) is 0 Å². The molecule has 1 aromatic carbocycles. The minimum absolute atomic E-state index is 0.201. The lowest BCUT2D eigenvalue weighted by atomic mass is 10.3. The molecule has 1 N–H and O–H groups in total. The van der Waals surface area contributed by atoms with Gasteiger partial charge in [-0.05, 0) is 24.3 Å². The summed E-state index contributed by atoms with van der Waals surface area (Å²) >= 11 is 0. The van der Waals surface area contributed by atoms with E-state index in [0.29, 0.717) is 43.7 Å². The zero-order chi connectivity index (χ0) is 18.6. The molecule has 9 nitrogen and oxygen atoms in total. The van der Waals surface area contributed by atoms with Crippen LogP contribution in [0.4, 0.5) is 11.6 Å². The van der Waals surface area contributed by atoms with Crippen LogP contribution in [0.5, 0.6) is 11.6 Å². The molecule has 1 aromatic heterocycles. The monoisotopic (exact) mass is 375 g/mol. The number of nitriles is 1. The van der Waals surface area contributed by atoms with Crippen molar-refractivity contribution >= 4 is 21.7 Å². The lowest BCUT2D eigenvalue weighted by Gasteiger charge is -2.26. The van der Waals surface area contributed by atoms with Crippen LogP contribution in [0, 0.1) is 11.3 Å². The molecule has 2 aromatic rings. The number of hydrogen-bond donors (Lipinski definition) is 1. The van der Waals surface area contributed by atoms with Crippen LogP contribution in [0.15, 0.2) is 30.3 Å². The van der Waals surface area contributed by atoms with Gasteiger partial charge in [0.05, 0.1) is 19.5 Å². The number of nitrogens with zero attached hydrogens (tertiary/aromatic N) is 4. The Kier molecular flexibility index (Phi) is 5.20. The van der Waals surface area contributed by atoms with Crippen molar-refractivity contribution in [2.75, 3.05) is 42.2 Å². The maximum atomic E-state index is 11.2. The third-order valence-electron chi connectivity index (χ3n) is 3.48. The molecule has 0 saturated carbocycles. The second-order valence-electron chi connectivity index (χ2n) is 5.60. The Morgan fingerprint density at radius 1 is 1.23 bits per heavy atom. The molecule has 0 radical (unpaired) electrons. The summed E-state index contributed by atoms with van der Waals surface area (Å²) in [5, 5.41) is 9.19. The van der Waals surface area contributed by atoms with Crippen LogP contribution in [0.2, 0.25) is 0 Å². The maximum Gasteiger partial charge on any atom is 0.230 e. The second kappa shape index (κ2) is 7.55. The molecule has 0 unspecified atom stereocenters. The summed E-state index contributed by atoms with van der Waals surface area (Å²) in [4.78, 5) is 10.5. The van der Waals surface area contributed by atoms with Crippen LogP contribution >= 0.6 is 0 Å². The molecular formula is C16H17N5O4S. The van der Waals surface area contributed by atoms with Crippen LogP contribution in [0.25, 0.3) is 0 Å². The van der Waals surface area contributed by atoms with Crippen LogP contribution < -0.4 is 14.4 Å². The van der Waals surface area contributed by atoms with Gasteiger partial charge in [0, 0.05) is 24.8 Å². The van der Waals surface area contributed by atoms with Gasteiger partial charge in [-0.2, -0.15) is 10.2 Å². The van der Waals surface area contributed by atoms with Crippen molar-refractivity contribution < 1.29 is 17.9 Å². The summed E-state index contributed by atoms with van der Waals surface area (Å²) in [6.45, 7) is 2.43. The number of morpholine rings is 1. The molecule has 136 valence electrons. The average molecular weight is 375 g/mol. The summed E-state index contributed by atoms with van der Waals surface area (Å²) in [5.74, 6) is 1.11. The lowest BCUT2D eigenvalue weighted by molar-refractivity contribution is 0.122. The number of sulfonamides is 1. The summed E-state index contributed by atoms with van der Waals surface area (Å²) in [7, 11) is -3.34. The zero-order valence-electron chi connectivity index (χ0n) is 14.0. The first-order chi connectivity index (χ1) is 12.4. The first-order valence-electron chi connectivity index (χ1n) is 7.80. The minimum atomic E-state index is -3.34. The number of ether oxygens (including phenoxy) is 2. The van der Waals surface area contributed by atoms with Gasteiger partial charge in [-0.1, -0.05) is 0 Å². The molecular weight excluding hydrogens is 358 g/mol. The molecule has 0 amide bonds. The van der Waals surface area contributed by atoms with Gasteiger partial charge in [-0.15, -0.1) is 0 Å². The van der Waals surface area contributed by atoms with Crippen LogP contribution in [-0.2, 0) is 14.8 Å². The molecule has 0 atom stereocenters. The normalized spacial score (nSPS) is 14.5. The lowest BCUT2D eigenvalue weighted by Crippen LogP contribution is -2.37. The highest BCUT2D eigenvalue weighted by Gasteiger charge is 2.16. The molecule has 3 rings (SSSR count). The highest BCUT2D eigenvalue weighted by Crippen LogP contribution is 2.24. The quantitative estimate of drug-likeness (QED) is 0.832. The summed E-state index contributed by atoms with van der Waals surface area (Å²) < 4.78 is 35.8. The predicted octanol–water partition coefficient (Wildman–Crippen LogP) is 1.35.